The van der Waals surface area contributed by atoms with Crippen LogP contribution in [0.2, 0.25) is 0 Å². The number of carbonyl (C=O) groups excluding carboxylic acids is 1. The number of hydrogen-bond donors (Lipinski definition) is 1. The molecule has 0 radical (unpaired) electrons. The first-order valence-electron chi connectivity index (χ1n) is 9.68. The first kappa shape index (κ1) is 19.5. The van der Waals surface area contributed by atoms with Gasteiger partial charge >= 0.3 is 6.09 Å². The zero-order chi connectivity index (χ0) is 17.6. The first-order chi connectivity index (χ1) is 11.3. The van der Waals surface area contributed by atoms with Crippen molar-refractivity contribution in [3.63, 3.8) is 0 Å². The van der Waals surface area contributed by atoms with Crippen LogP contribution in [-0.2, 0) is 9.47 Å². The fourth-order valence-electron chi connectivity index (χ4n) is 3.73. The molecule has 3 unspecified atom stereocenters. The van der Waals surface area contributed by atoms with Gasteiger partial charge in [-0.05, 0) is 59.8 Å². The van der Waals surface area contributed by atoms with Crippen LogP contribution in [0.4, 0.5) is 4.79 Å². The molecule has 0 aromatic rings. The number of likely N-dealkylation sites (tertiary alicyclic amines) is 1. The summed E-state index contributed by atoms with van der Waals surface area (Å²) in [6.07, 6.45) is 7.71. The van der Waals surface area contributed by atoms with Gasteiger partial charge in [-0.2, -0.15) is 0 Å². The van der Waals surface area contributed by atoms with E-state index in [4.69, 9.17) is 9.47 Å². The van der Waals surface area contributed by atoms with Crippen LogP contribution >= 0.6 is 0 Å². The van der Waals surface area contributed by atoms with E-state index in [0.717, 1.165) is 45.4 Å². The van der Waals surface area contributed by atoms with Crippen LogP contribution in [0.15, 0.2) is 0 Å². The molecule has 2 fully saturated rings. The topological polar surface area (TPSA) is 50.8 Å². The highest BCUT2D eigenvalue weighted by Crippen LogP contribution is 2.23. The van der Waals surface area contributed by atoms with Crippen molar-refractivity contribution in [1.82, 2.24) is 10.2 Å². The largest absolute Gasteiger partial charge is 0.444 e. The van der Waals surface area contributed by atoms with Gasteiger partial charge in [0.15, 0.2) is 0 Å². The fraction of sp³-hybridized carbons (Fsp3) is 0.947. The third-order valence-electron chi connectivity index (χ3n) is 4.81. The average molecular weight is 341 g/mol. The van der Waals surface area contributed by atoms with Crippen LogP contribution in [0.3, 0.4) is 0 Å². The van der Waals surface area contributed by atoms with Crippen molar-refractivity contribution < 1.29 is 14.3 Å². The highest BCUT2D eigenvalue weighted by atomic mass is 16.6. The van der Waals surface area contributed by atoms with Crippen LogP contribution < -0.4 is 5.32 Å². The molecule has 0 aromatic heterocycles. The highest BCUT2D eigenvalue weighted by molar-refractivity contribution is 5.68. The molecule has 24 heavy (non-hydrogen) atoms. The van der Waals surface area contributed by atoms with E-state index in [1.165, 1.54) is 19.3 Å². The molecule has 2 rings (SSSR count). The summed E-state index contributed by atoms with van der Waals surface area (Å²) >= 11 is 0. The lowest BCUT2D eigenvalue weighted by Gasteiger charge is -2.35. The van der Waals surface area contributed by atoms with Gasteiger partial charge in [-0.1, -0.05) is 12.8 Å². The summed E-state index contributed by atoms with van der Waals surface area (Å²) in [5, 5.41) is 3.69. The van der Waals surface area contributed by atoms with Gasteiger partial charge in [-0.15, -0.1) is 0 Å². The highest BCUT2D eigenvalue weighted by Gasteiger charge is 2.30. The Morgan fingerprint density at radius 3 is 2.71 bits per heavy atom. The lowest BCUT2D eigenvalue weighted by Crippen LogP contribution is -2.48. The average Bonchev–Trinajstić information content (AvgIpc) is 2.72. The van der Waals surface area contributed by atoms with E-state index in [9.17, 15) is 4.79 Å². The van der Waals surface area contributed by atoms with Gasteiger partial charge in [-0.3, -0.25) is 0 Å². The molecule has 2 aliphatic rings. The van der Waals surface area contributed by atoms with Gasteiger partial charge in [0.2, 0.25) is 0 Å². The minimum atomic E-state index is -0.433. The molecule has 5 nitrogen and oxygen atoms in total. The maximum Gasteiger partial charge on any atom is 0.410 e. The number of ether oxygens (including phenoxy) is 2. The lowest BCUT2D eigenvalue weighted by molar-refractivity contribution is 0.0143. The number of amides is 1. The van der Waals surface area contributed by atoms with Crippen LogP contribution in [0.25, 0.3) is 0 Å². The maximum absolute atomic E-state index is 12.6. The monoisotopic (exact) mass is 340 g/mol. The number of nitrogens with zero attached hydrogens (tertiary/aromatic N) is 1. The van der Waals surface area contributed by atoms with Gasteiger partial charge in [0.1, 0.15) is 5.60 Å². The summed E-state index contributed by atoms with van der Waals surface area (Å²) in [7, 11) is 0. The molecule has 140 valence electrons. The Hall–Kier alpha value is -0.810. The van der Waals surface area contributed by atoms with Crippen LogP contribution in [0, 0.1) is 0 Å². The van der Waals surface area contributed by atoms with Crippen molar-refractivity contribution in [2.45, 2.75) is 96.4 Å². The quantitative estimate of drug-likeness (QED) is 0.847. The molecular formula is C19H36N2O3. The molecule has 5 heteroatoms. The van der Waals surface area contributed by atoms with E-state index in [-0.39, 0.29) is 12.1 Å². The van der Waals surface area contributed by atoms with E-state index in [1.54, 1.807) is 0 Å². The second-order valence-electron chi connectivity index (χ2n) is 8.39. The van der Waals surface area contributed by atoms with E-state index < -0.39 is 5.60 Å². The third kappa shape index (κ3) is 6.60. The van der Waals surface area contributed by atoms with Crippen LogP contribution in [-0.4, -0.2) is 54.5 Å². The Balaban J connectivity index is 1.91. The van der Waals surface area contributed by atoms with E-state index in [1.807, 2.05) is 25.7 Å². The Labute approximate surface area is 147 Å². The molecule has 3 atom stereocenters. The van der Waals surface area contributed by atoms with Gasteiger partial charge < -0.3 is 19.7 Å². The lowest BCUT2D eigenvalue weighted by atomic mass is 10.0. The number of hydrogen-bond acceptors (Lipinski definition) is 4. The van der Waals surface area contributed by atoms with E-state index >= 15 is 0 Å². The molecule has 0 saturated carbocycles. The zero-order valence-electron chi connectivity index (χ0n) is 16.0. The predicted molar refractivity (Wildman–Crippen MR) is 96.3 cm³/mol. The van der Waals surface area contributed by atoms with Crippen LogP contribution in [0.1, 0.15) is 72.6 Å². The standard InChI is InChI=1S/C19H36N2O3/c1-15(20-16-9-8-12-23-14-16)13-17-10-6-5-7-11-21(17)18(22)24-19(2,3)4/h15-17,20H,5-14H2,1-4H3. The Kier molecular flexibility index (Phi) is 7.35. The van der Waals surface area contributed by atoms with Crippen molar-refractivity contribution in [2.75, 3.05) is 19.8 Å². The van der Waals surface area contributed by atoms with Crippen LogP contribution in [0.5, 0.6) is 0 Å². The van der Waals surface area contributed by atoms with Gasteiger partial charge in [0.25, 0.3) is 0 Å². The zero-order valence-corrected chi connectivity index (χ0v) is 16.0. The summed E-state index contributed by atoms with van der Waals surface area (Å²) < 4.78 is 11.2. The molecule has 0 bridgehead atoms. The summed E-state index contributed by atoms with van der Waals surface area (Å²) in [5.74, 6) is 0. The van der Waals surface area contributed by atoms with E-state index in [0.29, 0.717) is 12.1 Å². The summed E-state index contributed by atoms with van der Waals surface area (Å²) in [5.41, 5.74) is -0.433. The minimum Gasteiger partial charge on any atom is -0.444 e. The molecule has 0 aromatic carbocycles. The number of nitrogens with one attached hydrogen (secondary N) is 1. The van der Waals surface area contributed by atoms with Crippen molar-refractivity contribution in [3.8, 4) is 0 Å². The van der Waals surface area contributed by atoms with Crippen molar-refractivity contribution in [3.05, 3.63) is 0 Å². The Morgan fingerprint density at radius 1 is 1.25 bits per heavy atom. The van der Waals surface area contributed by atoms with Crippen molar-refractivity contribution >= 4 is 6.09 Å². The smallest absolute Gasteiger partial charge is 0.410 e. The van der Waals surface area contributed by atoms with Gasteiger partial charge in [0.05, 0.1) is 6.61 Å². The minimum absolute atomic E-state index is 0.150. The Bertz CT molecular complexity index is 389. The maximum atomic E-state index is 12.6. The van der Waals surface area contributed by atoms with Gasteiger partial charge in [-0.25, -0.2) is 4.79 Å². The molecule has 0 aliphatic carbocycles. The summed E-state index contributed by atoms with van der Waals surface area (Å²) in [6, 6.07) is 1.11. The SMILES string of the molecule is CC(CC1CCCCCN1C(=O)OC(C)(C)C)NC1CCCOC1. The first-order valence-corrected chi connectivity index (χ1v) is 9.68. The second kappa shape index (κ2) is 9.04. The van der Waals surface area contributed by atoms with Gasteiger partial charge in [0, 0.05) is 31.3 Å². The summed E-state index contributed by atoms with van der Waals surface area (Å²) in [6.45, 7) is 10.6. The van der Waals surface area contributed by atoms with Crippen molar-refractivity contribution in [1.29, 1.82) is 0 Å². The Morgan fingerprint density at radius 2 is 2.04 bits per heavy atom. The normalized spacial score (nSPS) is 27.4. The molecule has 1 N–H and O–H groups in total. The number of carbonyl (C=O) groups is 1. The molecule has 2 aliphatic heterocycles. The van der Waals surface area contributed by atoms with E-state index in [2.05, 4.69) is 12.2 Å². The van der Waals surface area contributed by atoms with Crippen molar-refractivity contribution in [2.24, 2.45) is 0 Å². The molecule has 1 amide bonds. The molecule has 0 spiro atoms. The number of rotatable bonds is 4. The third-order valence-corrected chi connectivity index (χ3v) is 4.81. The summed E-state index contributed by atoms with van der Waals surface area (Å²) in [4.78, 5) is 14.6. The molecule has 2 saturated heterocycles. The predicted octanol–water partition coefficient (Wildman–Crippen LogP) is 3.71. The molecular weight excluding hydrogens is 304 g/mol. The molecule has 2 heterocycles. The fourth-order valence-corrected chi connectivity index (χ4v) is 3.73. The second-order valence-corrected chi connectivity index (χ2v) is 8.39.